The molecule has 0 aliphatic heterocycles. The molecule has 1 heterocycles. The van der Waals surface area contributed by atoms with Crippen LogP contribution >= 0.6 is 0 Å². The number of nitrogens with zero attached hydrogens (tertiary/aromatic N) is 2. The molecule has 0 saturated carbocycles. The van der Waals surface area contributed by atoms with E-state index in [-0.39, 0.29) is 11.6 Å². The first-order chi connectivity index (χ1) is 13.0. The van der Waals surface area contributed by atoms with Crippen LogP contribution in [0.4, 0.5) is 0 Å². The summed E-state index contributed by atoms with van der Waals surface area (Å²) in [6.45, 7) is 0. The minimum Gasteiger partial charge on any atom is -0.501 e. The molecule has 1 N–H and O–H groups in total. The van der Waals surface area contributed by atoms with Gasteiger partial charge in [0.15, 0.2) is 5.69 Å². The average molecular weight is 364 g/mol. The third kappa shape index (κ3) is 3.74. The van der Waals surface area contributed by atoms with Crippen molar-refractivity contribution in [3.05, 3.63) is 93.7 Å². The van der Waals surface area contributed by atoms with E-state index in [2.05, 4.69) is 9.72 Å². The van der Waals surface area contributed by atoms with Crippen molar-refractivity contribution in [3.63, 3.8) is 0 Å². The normalized spacial score (nSPS) is 10.8. The monoisotopic (exact) mass is 364 g/mol. The molecule has 3 rings (SSSR count). The quantitative estimate of drug-likeness (QED) is 0.704. The molecule has 0 amide bonds. The highest BCUT2D eigenvalue weighted by molar-refractivity contribution is 5.89. The molecule has 0 fully saturated rings. The number of rotatable bonds is 5. The Labute approximate surface area is 156 Å². The van der Waals surface area contributed by atoms with Crippen LogP contribution < -0.4 is 5.56 Å². The van der Waals surface area contributed by atoms with Crippen LogP contribution in [-0.2, 0) is 18.2 Å². The first-order valence-corrected chi connectivity index (χ1v) is 8.50. The molecular formula is C21H20N2O4. The second-order valence-electron chi connectivity index (χ2n) is 6.16. The van der Waals surface area contributed by atoms with E-state index >= 15 is 0 Å². The van der Waals surface area contributed by atoms with Gasteiger partial charge in [0, 0.05) is 19.4 Å². The Balaban J connectivity index is 2.11. The molecule has 1 aromatic heterocycles. The predicted molar refractivity (Wildman–Crippen MR) is 101 cm³/mol. The van der Waals surface area contributed by atoms with Crippen LogP contribution in [0.5, 0.6) is 5.75 Å². The molecule has 0 spiro atoms. The Morgan fingerprint density at radius 2 is 1.59 bits per heavy atom. The summed E-state index contributed by atoms with van der Waals surface area (Å²) in [7, 11) is 2.70. The van der Waals surface area contributed by atoms with Crippen molar-refractivity contribution < 1.29 is 14.6 Å². The lowest BCUT2D eigenvalue weighted by atomic mass is 9.88. The molecule has 0 aliphatic carbocycles. The van der Waals surface area contributed by atoms with Crippen LogP contribution in [0, 0.1) is 0 Å². The van der Waals surface area contributed by atoms with E-state index in [1.165, 1.54) is 18.7 Å². The standard InChI is InChI=1S/C21H20N2O4/c1-23-17(22-18(21(26)27-2)19(24)20(23)25)13-16(14-9-5-3-6-10-14)15-11-7-4-8-12-15/h3-12,16,24H,13H2,1-2H3. The van der Waals surface area contributed by atoms with Crippen LogP contribution in [-0.4, -0.2) is 27.7 Å². The second-order valence-corrected chi connectivity index (χ2v) is 6.16. The van der Waals surface area contributed by atoms with Gasteiger partial charge in [-0.3, -0.25) is 9.36 Å². The van der Waals surface area contributed by atoms with Gasteiger partial charge in [-0.05, 0) is 11.1 Å². The molecule has 27 heavy (non-hydrogen) atoms. The minimum atomic E-state index is -0.845. The summed E-state index contributed by atoms with van der Waals surface area (Å²) in [5.41, 5.74) is 1.08. The van der Waals surface area contributed by atoms with Gasteiger partial charge >= 0.3 is 5.97 Å². The molecule has 2 aromatic carbocycles. The maximum Gasteiger partial charge on any atom is 0.360 e. The largest absolute Gasteiger partial charge is 0.501 e. The Kier molecular flexibility index (Phi) is 5.35. The first-order valence-electron chi connectivity index (χ1n) is 8.50. The predicted octanol–water partition coefficient (Wildman–Crippen LogP) is 2.65. The molecule has 0 unspecified atom stereocenters. The van der Waals surface area contributed by atoms with Crippen molar-refractivity contribution in [2.45, 2.75) is 12.3 Å². The van der Waals surface area contributed by atoms with Gasteiger partial charge in [-0.2, -0.15) is 0 Å². The third-order valence-electron chi connectivity index (χ3n) is 4.53. The summed E-state index contributed by atoms with van der Waals surface area (Å²) in [6, 6.07) is 19.7. The van der Waals surface area contributed by atoms with Crippen LogP contribution in [0.25, 0.3) is 0 Å². The van der Waals surface area contributed by atoms with E-state index in [4.69, 9.17) is 0 Å². The number of aromatic nitrogens is 2. The number of carbonyl (C=O) groups is 1. The first kappa shape index (κ1) is 18.4. The average Bonchev–Trinajstić information content (AvgIpc) is 2.72. The molecule has 0 saturated heterocycles. The number of aromatic hydroxyl groups is 1. The lowest BCUT2D eigenvalue weighted by molar-refractivity contribution is 0.0589. The number of carbonyl (C=O) groups excluding carboxylic acids is 1. The lowest BCUT2D eigenvalue weighted by Crippen LogP contribution is -2.26. The van der Waals surface area contributed by atoms with E-state index < -0.39 is 17.3 Å². The van der Waals surface area contributed by atoms with Gasteiger partial charge in [0.2, 0.25) is 5.75 Å². The number of hydrogen-bond acceptors (Lipinski definition) is 5. The van der Waals surface area contributed by atoms with Crippen molar-refractivity contribution >= 4 is 5.97 Å². The SMILES string of the molecule is COC(=O)c1nc(CC(c2ccccc2)c2ccccc2)n(C)c(=O)c1O. The zero-order valence-corrected chi connectivity index (χ0v) is 15.1. The summed E-state index contributed by atoms with van der Waals surface area (Å²) in [4.78, 5) is 28.5. The lowest BCUT2D eigenvalue weighted by Gasteiger charge is -2.19. The van der Waals surface area contributed by atoms with Crippen molar-refractivity contribution in [1.82, 2.24) is 9.55 Å². The van der Waals surface area contributed by atoms with E-state index in [0.717, 1.165) is 11.1 Å². The molecular weight excluding hydrogens is 344 g/mol. The number of methoxy groups -OCH3 is 1. The number of hydrogen-bond donors (Lipinski definition) is 1. The van der Waals surface area contributed by atoms with Crippen molar-refractivity contribution in [2.24, 2.45) is 7.05 Å². The zero-order valence-electron chi connectivity index (χ0n) is 15.1. The third-order valence-corrected chi connectivity index (χ3v) is 4.53. The summed E-state index contributed by atoms with van der Waals surface area (Å²) in [6.07, 6.45) is 0.379. The fourth-order valence-electron chi connectivity index (χ4n) is 3.04. The molecule has 0 bridgehead atoms. The maximum absolute atomic E-state index is 12.4. The van der Waals surface area contributed by atoms with Gasteiger partial charge in [-0.1, -0.05) is 60.7 Å². The smallest absolute Gasteiger partial charge is 0.360 e. The Hall–Kier alpha value is -3.41. The summed E-state index contributed by atoms with van der Waals surface area (Å²) < 4.78 is 5.90. The Bertz CT molecular complexity index is 958. The highest BCUT2D eigenvalue weighted by atomic mass is 16.5. The molecule has 138 valence electrons. The molecule has 6 heteroatoms. The molecule has 6 nitrogen and oxygen atoms in total. The van der Waals surface area contributed by atoms with Gasteiger partial charge in [0.25, 0.3) is 5.56 Å². The van der Waals surface area contributed by atoms with E-state index in [0.29, 0.717) is 12.2 Å². The van der Waals surface area contributed by atoms with Crippen LogP contribution in [0.1, 0.15) is 33.4 Å². The molecule has 3 aromatic rings. The van der Waals surface area contributed by atoms with Crippen molar-refractivity contribution in [3.8, 4) is 5.75 Å². The number of benzene rings is 2. The topological polar surface area (TPSA) is 81.4 Å². The zero-order chi connectivity index (χ0) is 19.4. The molecule has 0 atom stereocenters. The number of ether oxygens (including phenoxy) is 1. The maximum atomic E-state index is 12.4. The Morgan fingerprint density at radius 1 is 1.07 bits per heavy atom. The fraction of sp³-hybridized carbons (Fsp3) is 0.190. The van der Waals surface area contributed by atoms with Crippen LogP contribution in [0.15, 0.2) is 65.5 Å². The molecule has 0 aliphatic rings. The van der Waals surface area contributed by atoms with Gasteiger partial charge in [-0.25, -0.2) is 9.78 Å². The summed E-state index contributed by atoms with van der Waals surface area (Å²) >= 11 is 0. The van der Waals surface area contributed by atoms with Gasteiger partial charge in [0.05, 0.1) is 7.11 Å². The number of esters is 1. The van der Waals surface area contributed by atoms with Gasteiger partial charge in [-0.15, -0.1) is 0 Å². The van der Waals surface area contributed by atoms with E-state index in [9.17, 15) is 14.7 Å². The fourth-order valence-corrected chi connectivity index (χ4v) is 3.04. The van der Waals surface area contributed by atoms with E-state index in [1.807, 2.05) is 60.7 Å². The second kappa shape index (κ2) is 7.86. The van der Waals surface area contributed by atoms with E-state index in [1.54, 1.807) is 0 Å². The molecule has 0 radical (unpaired) electrons. The minimum absolute atomic E-state index is 0.0689. The summed E-state index contributed by atoms with van der Waals surface area (Å²) in [5, 5.41) is 9.98. The van der Waals surface area contributed by atoms with Crippen LogP contribution in [0.2, 0.25) is 0 Å². The Morgan fingerprint density at radius 3 is 2.07 bits per heavy atom. The van der Waals surface area contributed by atoms with Crippen molar-refractivity contribution in [1.29, 1.82) is 0 Å². The highest BCUT2D eigenvalue weighted by Crippen LogP contribution is 2.28. The summed E-state index contributed by atoms with van der Waals surface area (Å²) in [5.74, 6) is -1.23. The van der Waals surface area contributed by atoms with Crippen LogP contribution in [0.3, 0.4) is 0 Å². The van der Waals surface area contributed by atoms with Crippen molar-refractivity contribution in [2.75, 3.05) is 7.11 Å². The van der Waals surface area contributed by atoms with Gasteiger partial charge in [0.1, 0.15) is 5.82 Å². The highest BCUT2D eigenvalue weighted by Gasteiger charge is 2.23. The van der Waals surface area contributed by atoms with Gasteiger partial charge < -0.3 is 9.84 Å².